The smallest absolute Gasteiger partial charge is 0.462 e. The Balaban J connectivity index is 2.49. The SMILES string of the molecule is CCCCCC/C=C/CCCCCCCCCC(=O)O[C@H](COC(=O)CCCCCCC/C=C/CCCCCC)COP(=O)(O)OC1C(O)C(O)C(O)[C@@H](O)C1O. The Labute approximate surface area is 343 Å². The lowest BCUT2D eigenvalue weighted by Gasteiger charge is -2.41. The predicted octanol–water partition coefficient (Wildman–Crippen LogP) is 8.06. The molecule has 1 rings (SSSR count). The fourth-order valence-corrected chi connectivity index (χ4v) is 7.60. The molecule has 0 spiro atoms. The van der Waals surface area contributed by atoms with Gasteiger partial charge in [-0.3, -0.25) is 18.6 Å². The van der Waals surface area contributed by atoms with Crippen molar-refractivity contribution >= 4 is 19.8 Å². The van der Waals surface area contributed by atoms with Crippen molar-refractivity contribution in [1.82, 2.24) is 0 Å². The number of aliphatic hydroxyl groups excluding tert-OH is 5. The van der Waals surface area contributed by atoms with Gasteiger partial charge < -0.3 is 39.9 Å². The normalized spacial score (nSPS) is 22.9. The van der Waals surface area contributed by atoms with Gasteiger partial charge in [0.05, 0.1) is 6.61 Å². The van der Waals surface area contributed by atoms with Crippen LogP contribution < -0.4 is 0 Å². The Bertz CT molecular complexity index is 1100. The number of aliphatic hydroxyl groups is 5. The van der Waals surface area contributed by atoms with Gasteiger partial charge in [-0.1, -0.05) is 128 Å². The monoisotopic (exact) mass is 835 g/mol. The highest BCUT2D eigenvalue weighted by atomic mass is 31.2. The standard InChI is InChI=1S/C43H79O13P/c1-3-5-7-9-11-13-15-17-18-20-22-24-26-28-30-32-37(45)55-35(34-54-57(51,52)56-43-41(49)39(47)38(46)40(48)42(43)50)33-53-36(44)31-29-27-25-23-21-19-16-14-12-10-8-6-4-2/h13-16,35,38-43,46-50H,3-12,17-34H2,1-2H3,(H,51,52)/b15-13+,16-14+/t35-,38?,39-,40?,41?,42?,43?/m1/s1. The molecule has 1 aliphatic carbocycles. The maximum atomic E-state index is 12.8. The molecule has 0 heterocycles. The molecule has 1 fully saturated rings. The van der Waals surface area contributed by atoms with E-state index in [1.807, 2.05) is 0 Å². The fraction of sp³-hybridized carbons (Fsp3) is 0.860. The largest absolute Gasteiger partial charge is 0.472 e. The van der Waals surface area contributed by atoms with Gasteiger partial charge in [0.2, 0.25) is 0 Å². The average Bonchev–Trinajstić information content (AvgIpc) is 3.19. The summed E-state index contributed by atoms with van der Waals surface area (Å²) >= 11 is 0. The van der Waals surface area contributed by atoms with Gasteiger partial charge in [-0.25, -0.2) is 4.57 Å². The van der Waals surface area contributed by atoms with Gasteiger partial charge in [-0.2, -0.15) is 0 Å². The summed E-state index contributed by atoms with van der Waals surface area (Å²) in [6, 6.07) is 0. The van der Waals surface area contributed by atoms with Crippen LogP contribution in [0, 0.1) is 0 Å². The first-order chi connectivity index (χ1) is 27.4. The van der Waals surface area contributed by atoms with Crippen LogP contribution in [0.1, 0.15) is 181 Å². The number of esters is 2. The zero-order chi connectivity index (χ0) is 42.2. The molecule has 0 amide bonds. The first-order valence-corrected chi connectivity index (χ1v) is 23.6. The second-order valence-electron chi connectivity index (χ2n) is 15.5. The van der Waals surface area contributed by atoms with Crippen molar-refractivity contribution in [3.8, 4) is 0 Å². The molecule has 8 atom stereocenters. The topological polar surface area (TPSA) is 210 Å². The lowest BCUT2D eigenvalue weighted by molar-refractivity contribution is -0.220. The average molecular weight is 835 g/mol. The number of phosphoric acid groups is 1. The van der Waals surface area contributed by atoms with E-state index < -0.39 is 75.7 Å². The molecule has 14 heteroatoms. The van der Waals surface area contributed by atoms with Crippen LogP contribution in [-0.4, -0.2) is 98.3 Å². The molecule has 1 aliphatic rings. The van der Waals surface area contributed by atoms with E-state index in [1.54, 1.807) is 0 Å². The minimum Gasteiger partial charge on any atom is -0.462 e. The minimum absolute atomic E-state index is 0.0914. The third-order valence-corrected chi connectivity index (χ3v) is 11.3. The van der Waals surface area contributed by atoms with Crippen LogP contribution in [0.3, 0.4) is 0 Å². The summed E-state index contributed by atoms with van der Waals surface area (Å²) in [5.74, 6) is -1.11. The first-order valence-electron chi connectivity index (χ1n) is 22.1. The second kappa shape index (κ2) is 34.1. The molecule has 6 unspecified atom stereocenters. The number of carbonyl (C=O) groups excluding carboxylic acids is 2. The second-order valence-corrected chi connectivity index (χ2v) is 16.9. The lowest BCUT2D eigenvalue weighted by atomic mass is 9.85. The Hall–Kier alpha value is -1.67. The third kappa shape index (κ3) is 26.9. The number of rotatable bonds is 36. The molecule has 0 aliphatic heterocycles. The van der Waals surface area contributed by atoms with Crippen LogP contribution in [0.2, 0.25) is 0 Å². The summed E-state index contributed by atoms with van der Waals surface area (Å²) in [6.45, 7) is 3.25. The fourth-order valence-electron chi connectivity index (χ4n) is 6.63. The Morgan fingerprint density at radius 1 is 0.526 bits per heavy atom. The van der Waals surface area contributed by atoms with Crippen molar-refractivity contribution < 1.29 is 63.1 Å². The summed E-state index contributed by atoms with van der Waals surface area (Å²) in [5.41, 5.74) is 0. The molecule has 0 saturated heterocycles. The van der Waals surface area contributed by atoms with E-state index in [0.717, 1.165) is 77.0 Å². The highest BCUT2D eigenvalue weighted by molar-refractivity contribution is 7.47. The summed E-state index contributed by atoms with van der Waals surface area (Å²) in [7, 11) is -5.11. The van der Waals surface area contributed by atoms with Crippen LogP contribution in [0.15, 0.2) is 24.3 Å². The Kier molecular flexibility index (Phi) is 31.9. The van der Waals surface area contributed by atoms with Crippen LogP contribution >= 0.6 is 7.82 Å². The molecule has 1 saturated carbocycles. The number of hydrogen-bond acceptors (Lipinski definition) is 12. The van der Waals surface area contributed by atoms with Gasteiger partial charge >= 0.3 is 19.8 Å². The first kappa shape index (κ1) is 53.3. The summed E-state index contributed by atoms with van der Waals surface area (Å²) < 4.78 is 33.5. The van der Waals surface area contributed by atoms with E-state index in [-0.39, 0.29) is 12.8 Å². The Morgan fingerprint density at radius 2 is 0.895 bits per heavy atom. The van der Waals surface area contributed by atoms with Gasteiger partial charge in [0.15, 0.2) is 6.10 Å². The summed E-state index contributed by atoms with van der Waals surface area (Å²) in [6.07, 6.45) is 22.3. The van der Waals surface area contributed by atoms with Gasteiger partial charge in [-0.05, 0) is 64.2 Å². The van der Waals surface area contributed by atoms with Gasteiger partial charge in [0.25, 0.3) is 0 Å². The van der Waals surface area contributed by atoms with Gasteiger partial charge in [0.1, 0.15) is 43.2 Å². The Morgan fingerprint density at radius 3 is 1.33 bits per heavy atom. The zero-order valence-electron chi connectivity index (χ0n) is 35.1. The maximum absolute atomic E-state index is 12.8. The van der Waals surface area contributed by atoms with Crippen molar-refractivity contribution in [2.24, 2.45) is 0 Å². The predicted molar refractivity (Wildman–Crippen MR) is 221 cm³/mol. The maximum Gasteiger partial charge on any atom is 0.472 e. The number of carbonyl (C=O) groups is 2. The van der Waals surface area contributed by atoms with Gasteiger partial charge in [0, 0.05) is 12.8 Å². The summed E-state index contributed by atoms with van der Waals surface area (Å²) in [4.78, 5) is 35.6. The van der Waals surface area contributed by atoms with Crippen LogP contribution in [-0.2, 0) is 32.7 Å². The summed E-state index contributed by atoms with van der Waals surface area (Å²) in [5, 5.41) is 50.1. The molecule has 0 bridgehead atoms. The van der Waals surface area contributed by atoms with E-state index >= 15 is 0 Å². The third-order valence-electron chi connectivity index (χ3n) is 10.3. The molecular formula is C43H79O13P. The molecule has 0 radical (unpaired) electrons. The van der Waals surface area contributed by atoms with Crippen molar-refractivity contribution in [1.29, 1.82) is 0 Å². The molecule has 334 valence electrons. The van der Waals surface area contributed by atoms with Crippen molar-refractivity contribution in [3.05, 3.63) is 24.3 Å². The minimum atomic E-state index is -5.11. The van der Waals surface area contributed by atoms with Crippen molar-refractivity contribution in [3.63, 3.8) is 0 Å². The van der Waals surface area contributed by atoms with Gasteiger partial charge in [-0.15, -0.1) is 0 Å². The molecule has 57 heavy (non-hydrogen) atoms. The molecular weight excluding hydrogens is 755 g/mol. The molecule has 0 aromatic carbocycles. The number of hydrogen-bond donors (Lipinski definition) is 6. The van der Waals surface area contributed by atoms with Crippen LogP contribution in [0.5, 0.6) is 0 Å². The van der Waals surface area contributed by atoms with Crippen LogP contribution in [0.4, 0.5) is 0 Å². The zero-order valence-corrected chi connectivity index (χ0v) is 36.0. The molecule has 0 aromatic rings. The number of phosphoric ester groups is 1. The van der Waals surface area contributed by atoms with E-state index in [9.17, 15) is 44.6 Å². The van der Waals surface area contributed by atoms with E-state index in [2.05, 4.69) is 38.2 Å². The molecule has 6 N–H and O–H groups in total. The lowest BCUT2D eigenvalue weighted by Crippen LogP contribution is -2.64. The highest BCUT2D eigenvalue weighted by Gasteiger charge is 2.51. The number of ether oxygens (including phenoxy) is 2. The van der Waals surface area contributed by atoms with E-state index in [0.29, 0.717) is 12.8 Å². The molecule has 0 aromatic heterocycles. The number of unbranched alkanes of at least 4 members (excludes halogenated alkanes) is 20. The molecule has 13 nitrogen and oxygen atoms in total. The van der Waals surface area contributed by atoms with Crippen molar-refractivity contribution in [2.75, 3.05) is 13.2 Å². The van der Waals surface area contributed by atoms with E-state index in [1.165, 1.54) is 64.2 Å². The van der Waals surface area contributed by atoms with Crippen LogP contribution in [0.25, 0.3) is 0 Å². The quantitative estimate of drug-likeness (QED) is 0.0153. The van der Waals surface area contributed by atoms with Crippen molar-refractivity contribution in [2.45, 2.75) is 224 Å². The number of allylic oxidation sites excluding steroid dienone is 4. The van der Waals surface area contributed by atoms with E-state index in [4.69, 9.17) is 18.5 Å². The highest BCUT2D eigenvalue weighted by Crippen LogP contribution is 2.47.